The molecule has 1 N–H and O–H groups in total. The average molecular weight is 262 g/mol. The van der Waals surface area contributed by atoms with E-state index in [1.807, 2.05) is 6.20 Å². The lowest BCUT2D eigenvalue weighted by Gasteiger charge is -2.09. The SMILES string of the molecule is Brc1cc2[nH]ccc2c2c1[C@@H]1CC=C2O1. The highest BCUT2D eigenvalue weighted by Crippen LogP contribution is 2.51. The van der Waals surface area contributed by atoms with E-state index in [0.717, 1.165) is 22.2 Å². The van der Waals surface area contributed by atoms with Crippen molar-refractivity contribution in [1.29, 1.82) is 0 Å². The van der Waals surface area contributed by atoms with Crippen LogP contribution in [0, 0.1) is 0 Å². The van der Waals surface area contributed by atoms with Gasteiger partial charge >= 0.3 is 0 Å². The van der Waals surface area contributed by atoms with Crippen LogP contribution < -0.4 is 0 Å². The van der Waals surface area contributed by atoms with Crippen LogP contribution in [-0.4, -0.2) is 4.98 Å². The molecule has 2 aromatic rings. The van der Waals surface area contributed by atoms with Crippen molar-refractivity contribution in [3.8, 4) is 0 Å². The number of aromatic amines is 1. The monoisotopic (exact) mass is 261 g/mol. The number of aromatic nitrogens is 1. The maximum absolute atomic E-state index is 5.82. The van der Waals surface area contributed by atoms with Crippen molar-refractivity contribution in [1.82, 2.24) is 4.98 Å². The predicted octanol–water partition coefficient (Wildman–Crippen LogP) is 3.75. The molecule has 2 nitrogen and oxygen atoms in total. The summed E-state index contributed by atoms with van der Waals surface area (Å²) >= 11 is 3.63. The number of hydrogen-bond acceptors (Lipinski definition) is 1. The Morgan fingerprint density at radius 2 is 2.40 bits per heavy atom. The minimum Gasteiger partial charge on any atom is -0.485 e. The van der Waals surface area contributed by atoms with Gasteiger partial charge in [-0.05, 0) is 18.2 Å². The molecule has 74 valence electrons. The Morgan fingerprint density at radius 3 is 3.33 bits per heavy atom. The molecule has 15 heavy (non-hydrogen) atoms. The van der Waals surface area contributed by atoms with Gasteiger partial charge in [-0.3, -0.25) is 0 Å². The standard InChI is InChI=1S/C12H8BrNO/c13-7-5-8-6(3-4-14-8)11-9-1-2-10(15-9)12(7)11/h1,3-5,10,14H,2H2/t10-/m0/s1. The molecule has 3 heteroatoms. The summed E-state index contributed by atoms with van der Waals surface area (Å²) in [5, 5.41) is 1.27. The van der Waals surface area contributed by atoms with Crippen LogP contribution in [0.2, 0.25) is 0 Å². The van der Waals surface area contributed by atoms with E-state index in [9.17, 15) is 0 Å². The van der Waals surface area contributed by atoms with Gasteiger partial charge in [0.2, 0.25) is 0 Å². The highest BCUT2D eigenvalue weighted by molar-refractivity contribution is 9.10. The first-order chi connectivity index (χ1) is 7.34. The first-order valence-corrected chi connectivity index (χ1v) is 5.80. The molecule has 0 radical (unpaired) electrons. The summed E-state index contributed by atoms with van der Waals surface area (Å²) in [4.78, 5) is 3.24. The molecule has 2 aliphatic heterocycles. The van der Waals surface area contributed by atoms with Gasteiger partial charge in [0.05, 0.1) is 0 Å². The molecule has 0 spiro atoms. The van der Waals surface area contributed by atoms with Crippen LogP contribution in [0.4, 0.5) is 0 Å². The molecule has 0 fully saturated rings. The van der Waals surface area contributed by atoms with Crippen LogP contribution >= 0.6 is 15.9 Å². The Kier molecular flexibility index (Phi) is 1.32. The third kappa shape index (κ3) is 0.851. The summed E-state index contributed by atoms with van der Waals surface area (Å²) in [5.41, 5.74) is 3.76. The fourth-order valence-electron chi connectivity index (χ4n) is 2.57. The van der Waals surface area contributed by atoms with E-state index in [4.69, 9.17) is 4.74 Å². The normalized spacial score (nSPS) is 21.7. The molecule has 4 rings (SSSR count). The Morgan fingerprint density at radius 1 is 1.47 bits per heavy atom. The summed E-state index contributed by atoms with van der Waals surface area (Å²) in [7, 11) is 0. The van der Waals surface area contributed by atoms with Crippen LogP contribution in [0.3, 0.4) is 0 Å². The minimum absolute atomic E-state index is 0.240. The van der Waals surface area contributed by atoms with Crippen molar-refractivity contribution in [3.05, 3.63) is 40.0 Å². The maximum Gasteiger partial charge on any atom is 0.129 e. The molecule has 1 aromatic heterocycles. The topological polar surface area (TPSA) is 25.0 Å². The number of benzene rings is 1. The van der Waals surface area contributed by atoms with Crippen molar-refractivity contribution in [2.45, 2.75) is 12.5 Å². The van der Waals surface area contributed by atoms with Crippen LogP contribution in [0.1, 0.15) is 23.7 Å². The molecule has 0 saturated carbocycles. The van der Waals surface area contributed by atoms with Crippen LogP contribution in [0.5, 0.6) is 0 Å². The van der Waals surface area contributed by atoms with Gasteiger partial charge in [0, 0.05) is 39.1 Å². The smallest absolute Gasteiger partial charge is 0.129 e. The van der Waals surface area contributed by atoms with Crippen molar-refractivity contribution in [3.63, 3.8) is 0 Å². The molecule has 0 amide bonds. The maximum atomic E-state index is 5.82. The van der Waals surface area contributed by atoms with Gasteiger partial charge in [0.1, 0.15) is 11.9 Å². The molecule has 0 unspecified atom stereocenters. The summed E-state index contributed by atoms with van der Waals surface area (Å²) in [6, 6.07) is 4.25. The van der Waals surface area contributed by atoms with Crippen LogP contribution in [-0.2, 0) is 4.74 Å². The quantitative estimate of drug-likeness (QED) is 0.768. The lowest BCUT2D eigenvalue weighted by Crippen LogP contribution is -1.95. The second-order valence-corrected chi connectivity index (χ2v) is 4.85. The van der Waals surface area contributed by atoms with Crippen LogP contribution in [0.15, 0.2) is 28.9 Å². The number of rotatable bonds is 0. The van der Waals surface area contributed by atoms with E-state index < -0.39 is 0 Å². The molecule has 0 aliphatic carbocycles. The first kappa shape index (κ1) is 7.99. The zero-order chi connectivity index (χ0) is 9.99. The molecule has 1 aromatic carbocycles. The van der Waals surface area contributed by atoms with Crippen molar-refractivity contribution in [2.75, 3.05) is 0 Å². The number of H-pyrrole nitrogens is 1. The van der Waals surface area contributed by atoms with E-state index >= 15 is 0 Å². The van der Waals surface area contributed by atoms with Gasteiger partial charge in [0.15, 0.2) is 0 Å². The predicted molar refractivity (Wildman–Crippen MR) is 62.4 cm³/mol. The fraction of sp³-hybridized carbons (Fsp3) is 0.167. The number of ether oxygens (including phenoxy) is 1. The molecule has 3 heterocycles. The second kappa shape index (κ2) is 2.47. The molecular weight excluding hydrogens is 254 g/mol. The Labute approximate surface area is 95.1 Å². The van der Waals surface area contributed by atoms with Gasteiger partial charge in [-0.15, -0.1) is 0 Å². The lowest BCUT2D eigenvalue weighted by molar-refractivity contribution is 0.213. The third-order valence-corrected chi connectivity index (χ3v) is 3.86. The molecule has 2 bridgehead atoms. The van der Waals surface area contributed by atoms with E-state index in [-0.39, 0.29) is 6.10 Å². The van der Waals surface area contributed by atoms with Gasteiger partial charge in [-0.25, -0.2) is 0 Å². The molecule has 0 saturated heterocycles. The van der Waals surface area contributed by atoms with Crippen molar-refractivity contribution < 1.29 is 4.74 Å². The molecule has 1 atom stereocenters. The zero-order valence-corrected chi connectivity index (χ0v) is 9.47. The summed E-state index contributed by atoms with van der Waals surface area (Å²) < 4.78 is 6.97. The van der Waals surface area contributed by atoms with Crippen molar-refractivity contribution in [2.24, 2.45) is 0 Å². The number of halogens is 1. The van der Waals surface area contributed by atoms with Gasteiger partial charge < -0.3 is 9.72 Å². The molecule has 2 aliphatic rings. The van der Waals surface area contributed by atoms with Gasteiger partial charge in [-0.1, -0.05) is 15.9 Å². The number of hydrogen-bond donors (Lipinski definition) is 1. The number of nitrogens with one attached hydrogen (secondary N) is 1. The Bertz CT molecular complexity index is 611. The Hall–Kier alpha value is -1.22. The second-order valence-electron chi connectivity index (χ2n) is 4.00. The minimum atomic E-state index is 0.240. The lowest BCUT2D eigenvalue weighted by atomic mass is 9.95. The van der Waals surface area contributed by atoms with E-state index in [2.05, 4.69) is 39.1 Å². The Balaban J connectivity index is 2.24. The molecular formula is C12H8BrNO. The summed E-state index contributed by atoms with van der Waals surface area (Å²) in [5.74, 6) is 1.06. The van der Waals surface area contributed by atoms with E-state index in [1.54, 1.807) is 0 Å². The van der Waals surface area contributed by atoms with E-state index in [0.29, 0.717) is 0 Å². The van der Waals surface area contributed by atoms with Crippen molar-refractivity contribution >= 4 is 32.6 Å². The highest BCUT2D eigenvalue weighted by Gasteiger charge is 2.35. The van der Waals surface area contributed by atoms with E-state index in [1.165, 1.54) is 16.5 Å². The van der Waals surface area contributed by atoms with Crippen LogP contribution in [0.25, 0.3) is 16.7 Å². The third-order valence-electron chi connectivity index (χ3n) is 3.20. The largest absolute Gasteiger partial charge is 0.485 e. The van der Waals surface area contributed by atoms with Gasteiger partial charge in [0.25, 0.3) is 0 Å². The summed E-state index contributed by atoms with van der Waals surface area (Å²) in [6.07, 6.45) is 5.41. The summed E-state index contributed by atoms with van der Waals surface area (Å²) in [6.45, 7) is 0. The zero-order valence-electron chi connectivity index (χ0n) is 7.88. The average Bonchev–Trinajstić information content (AvgIpc) is 2.90. The first-order valence-electron chi connectivity index (χ1n) is 5.01. The van der Waals surface area contributed by atoms with Gasteiger partial charge in [-0.2, -0.15) is 0 Å². The fourth-order valence-corrected chi connectivity index (χ4v) is 3.25. The number of fused-ring (bicyclic) bond motifs is 7. The highest BCUT2D eigenvalue weighted by atomic mass is 79.9.